The van der Waals surface area contributed by atoms with Gasteiger partial charge in [-0.15, -0.1) is 0 Å². The third kappa shape index (κ3) is 2.84. The minimum Gasteiger partial charge on any atom is -0.323 e. The van der Waals surface area contributed by atoms with Crippen LogP contribution in [-0.2, 0) is 11.3 Å². The number of hydrogen-bond acceptors (Lipinski definition) is 3. The number of fused-ring (bicyclic) bond motifs is 1. The SMILES string of the molecule is O=C(Cn1ncc(=O)c2ccccc21)Nc1ccccc1Cl. The second-order valence-electron chi connectivity index (χ2n) is 4.71. The number of nitrogens with zero attached hydrogens (tertiary/aromatic N) is 2. The highest BCUT2D eigenvalue weighted by molar-refractivity contribution is 6.33. The van der Waals surface area contributed by atoms with Gasteiger partial charge in [0.25, 0.3) is 0 Å². The fourth-order valence-electron chi connectivity index (χ4n) is 2.18. The van der Waals surface area contributed by atoms with Gasteiger partial charge in [-0.2, -0.15) is 5.10 Å². The fraction of sp³-hybridized carbons (Fsp3) is 0.0625. The Morgan fingerprint density at radius 1 is 1.14 bits per heavy atom. The molecule has 1 N–H and O–H groups in total. The summed E-state index contributed by atoms with van der Waals surface area (Å²) in [5, 5.41) is 7.75. The molecule has 0 fully saturated rings. The van der Waals surface area contributed by atoms with Crippen molar-refractivity contribution >= 4 is 34.1 Å². The van der Waals surface area contributed by atoms with Crippen molar-refractivity contribution in [2.24, 2.45) is 0 Å². The predicted molar refractivity (Wildman–Crippen MR) is 86.1 cm³/mol. The smallest absolute Gasteiger partial charge is 0.246 e. The van der Waals surface area contributed by atoms with E-state index in [2.05, 4.69) is 10.4 Å². The first-order valence-electron chi connectivity index (χ1n) is 6.64. The van der Waals surface area contributed by atoms with Crippen LogP contribution in [0.4, 0.5) is 5.69 Å². The maximum atomic E-state index is 12.2. The molecule has 0 aliphatic rings. The van der Waals surface area contributed by atoms with Crippen LogP contribution < -0.4 is 10.7 Å². The molecule has 0 unspecified atom stereocenters. The lowest BCUT2D eigenvalue weighted by molar-refractivity contribution is -0.116. The van der Waals surface area contributed by atoms with Crippen molar-refractivity contribution in [2.75, 3.05) is 5.32 Å². The summed E-state index contributed by atoms with van der Waals surface area (Å²) < 4.78 is 1.49. The summed E-state index contributed by atoms with van der Waals surface area (Å²) in [6.07, 6.45) is 1.21. The third-order valence-corrected chi connectivity index (χ3v) is 3.53. The quantitative estimate of drug-likeness (QED) is 0.808. The largest absolute Gasteiger partial charge is 0.323 e. The molecule has 110 valence electrons. The number of carbonyl (C=O) groups is 1. The molecule has 2 aromatic carbocycles. The van der Waals surface area contributed by atoms with E-state index in [4.69, 9.17) is 11.6 Å². The molecule has 3 aromatic rings. The molecule has 0 aliphatic heterocycles. The molecular formula is C16H12ClN3O2. The van der Waals surface area contributed by atoms with Crippen LogP contribution in [0, 0.1) is 0 Å². The van der Waals surface area contributed by atoms with E-state index >= 15 is 0 Å². The van der Waals surface area contributed by atoms with Crippen LogP contribution in [-0.4, -0.2) is 15.7 Å². The first-order chi connectivity index (χ1) is 10.6. The van der Waals surface area contributed by atoms with Gasteiger partial charge in [-0.25, -0.2) is 0 Å². The lowest BCUT2D eigenvalue weighted by Gasteiger charge is -2.10. The Morgan fingerprint density at radius 2 is 1.86 bits per heavy atom. The monoisotopic (exact) mass is 313 g/mol. The van der Waals surface area contributed by atoms with Crippen LogP contribution in [0.25, 0.3) is 10.9 Å². The Bertz CT molecular complexity index is 905. The molecule has 0 saturated heterocycles. The molecule has 6 heteroatoms. The van der Waals surface area contributed by atoms with E-state index in [9.17, 15) is 9.59 Å². The van der Waals surface area contributed by atoms with Gasteiger partial charge in [-0.1, -0.05) is 35.9 Å². The molecule has 3 rings (SSSR count). The number of benzene rings is 2. The van der Waals surface area contributed by atoms with Crippen LogP contribution in [0.1, 0.15) is 0 Å². The van der Waals surface area contributed by atoms with E-state index in [1.165, 1.54) is 10.9 Å². The van der Waals surface area contributed by atoms with Crippen LogP contribution in [0.5, 0.6) is 0 Å². The average Bonchev–Trinajstić information content (AvgIpc) is 2.53. The summed E-state index contributed by atoms with van der Waals surface area (Å²) in [5.74, 6) is -0.269. The highest BCUT2D eigenvalue weighted by atomic mass is 35.5. The molecule has 0 radical (unpaired) electrons. The van der Waals surface area contributed by atoms with Gasteiger partial charge in [0.1, 0.15) is 6.54 Å². The van der Waals surface area contributed by atoms with Crippen molar-refractivity contribution in [3.63, 3.8) is 0 Å². The van der Waals surface area contributed by atoms with Gasteiger partial charge in [0.05, 0.1) is 22.4 Å². The number of rotatable bonds is 3. The van der Waals surface area contributed by atoms with E-state index in [-0.39, 0.29) is 17.9 Å². The fourth-order valence-corrected chi connectivity index (χ4v) is 2.36. The first-order valence-corrected chi connectivity index (χ1v) is 7.02. The number of halogens is 1. The minimum atomic E-state index is -0.269. The molecule has 5 nitrogen and oxygen atoms in total. The number of para-hydroxylation sites is 2. The number of anilines is 1. The van der Waals surface area contributed by atoms with Crippen LogP contribution in [0.3, 0.4) is 0 Å². The lowest BCUT2D eigenvalue weighted by atomic mass is 10.2. The Kier molecular flexibility index (Phi) is 3.89. The number of nitrogens with one attached hydrogen (secondary N) is 1. The zero-order valence-electron chi connectivity index (χ0n) is 11.5. The van der Waals surface area contributed by atoms with Gasteiger partial charge in [0.15, 0.2) is 0 Å². The van der Waals surface area contributed by atoms with Crippen LogP contribution in [0.15, 0.2) is 59.5 Å². The first kappa shape index (κ1) is 14.3. The molecule has 1 aromatic heterocycles. The van der Waals surface area contributed by atoms with Crippen molar-refractivity contribution in [3.8, 4) is 0 Å². The molecule has 0 bridgehead atoms. The highest BCUT2D eigenvalue weighted by Crippen LogP contribution is 2.20. The molecule has 1 heterocycles. The van der Waals surface area contributed by atoms with Gasteiger partial charge >= 0.3 is 0 Å². The summed E-state index contributed by atoms with van der Waals surface area (Å²) in [6, 6.07) is 14.0. The second-order valence-corrected chi connectivity index (χ2v) is 5.12. The topological polar surface area (TPSA) is 64.0 Å². The number of amides is 1. The van der Waals surface area contributed by atoms with Gasteiger partial charge in [0, 0.05) is 5.39 Å². The normalized spacial score (nSPS) is 10.6. The summed E-state index contributed by atoms with van der Waals surface area (Å²) in [5.41, 5.74) is 0.988. The predicted octanol–water partition coefficient (Wildman–Crippen LogP) is 2.69. The van der Waals surface area contributed by atoms with E-state index in [0.717, 1.165) is 0 Å². The van der Waals surface area contributed by atoms with Crippen molar-refractivity contribution in [2.45, 2.75) is 6.54 Å². The maximum absolute atomic E-state index is 12.2. The number of carbonyl (C=O) groups excluding carboxylic acids is 1. The average molecular weight is 314 g/mol. The third-order valence-electron chi connectivity index (χ3n) is 3.20. The summed E-state index contributed by atoms with van der Waals surface area (Å²) in [6.45, 7) is -0.00792. The molecule has 0 saturated carbocycles. The second kappa shape index (κ2) is 5.99. The van der Waals surface area contributed by atoms with Gasteiger partial charge in [-0.3, -0.25) is 14.3 Å². The number of aromatic nitrogens is 2. The van der Waals surface area contributed by atoms with Crippen LogP contribution in [0.2, 0.25) is 5.02 Å². The maximum Gasteiger partial charge on any atom is 0.246 e. The Balaban J connectivity index is 1.88. The van der Waals surface area contributed by atoms with Gasteiger partial charge in [0.2, 0.25) is 11.3 Å². The van der Waals surface area contributed by atoms with Crippen molar-refractivity contribution in [1.29, 1.82) is 0 Å². The highest BCUT2D eigenvalue weighted by Gasteiger charge is 2.09. The van der Waals surface area contributed by atoms with Crippen molar-refractivity contribution in [3.05, 3.63) is 70.0 Å². The minimum absolute atomic E-state index is 0.00792. The van der Waals surface area contributed by atoms with Gasteiger partial charge in [-0.05, 0) is 24.3 Å². The molecule has 1 amide bonds. The Labute approximate surface area is 131 Å². The standard InChI is InChI=1S/C16H12ClN3O2/c17-12-6-2-3-7-13(12)19-16(22)10-20-14-8-4-1-5-11(14)15(21)9-18-20/h1-9H,10H2,(H,19,22). The zero-order valence-corrected chi connectivity index (χ0v) is 12.2. The summed E-state index contributed by atoms with van der Waals surface area (Å²) in [4.78, 5) is 23.9. The molecule has 22 heavy (non-hydrogen) atoms. The Hall–Kier alpha value is -2.66. The van der Waals surface area contributed by atoms with E-state index < -0.39 is 0 Å². The van der Waals surface area contributed by atoms with E-state index in [1.807, 2.05) is 0 Å². The van der Waals surface area contributed by atoms with Gasteiger partial charge < -0.3 is 5.32 Å². The lowest BCUT2D eigenvalue weighted by Crippen LogP contribution is -2.22. The molecule has 0 atom stereocenters. The molecule has 0 aliphatic carbocycles. The molecule has 0 spiro atoms. The van der Waals surface area contributed by atoms with Crippen molar-refractivity contribution in [1.82, 2.24) is 9.78 Å². The molecular weight excluding hydrogens is 302 g/mol. The zero-order chi connectivity index (χ0) is 15.5. The Morgan fingerprint density at radius 3 is 2.68 bits per heavy atom. The van der Waals surface area contributed by atoms with E-state index in [0.29, 0.717) is 21.6 Å². The summed E-state index contributed by atoms with van der Waals surface area (Å²) in [7, 11) is 0. The van der Waals surface area contributed by atoms with Crippen molar-refractivity contribution < 1.29 is 4.79 Å². The summed E-state index contributed by atoms with van der Waals surface area (Å²) >= 11 is 6.01. The van der Waals surface area contributed by atoms with Crippen LogP contribution >= 0.6 is 11.6 Å². The van der Waals surface area contributed by atoms with E-state index in [1.54, 1.807) is 48.5 Å². The number of hydrogen-bond donors (Lipinski definition) is 1.